The summed E-state index contributed by atoms with van der Waals surface area (Å²) in [5.41, 5.74) is 5.21. The first-order valence-corrected chi connectivity index (χ1v) is 10.2. The van der Waals surface area contributed by atoms with Crippen molar-refractivity contribution >= 4 is 17.3 Å². The van der Waals surface area contributed by atoms with E-state index in [1.165, 1.54) is 0 Å². The van der Waals surface area contributed by atoms with Crippen molar-refractivity contribution < 1.29 is 14.3 Å². The summed E-state index contributed by atoms with van der Waals surface area (Å²) in [7, 11) is 0. The summed E-state index contributed by atoms with van der Waals surface area (Å²) >= 11 is 0. The summed E-state index contributed by atoms with van der Waals surface area (Å²) < 4.78 is 5.84. The van der Waals surface area contributed by atoms with Crippen molar-refractivity contribution in [3.8, 4) is 0 Å². The van der Waals surface area contributed by atoms with Gasteiger partial charge in [-0.3, -0.25) is 9.59 Å². The molecule has 1 aliphatic rings. The van der Waals surface area contributed by atoms with Crippen LogP contribution in [0.15, 0.2) is 48.2 Å². The molecule has 2 aromatic rings. The molecule has 0 fully saturated rings. The quantitative estimate of drug-likeness (QED) is 0.625. The van der Waals surface area contributed by atoms with Crippen LogP contribution in [-0.2, 0) is 20.7 Å². The number of Topliss-reactive ketones (excluding diaryl/α,β-unsaturated/α-hetero) is 1. The first-order valence-electron chi connectivity index (χ1n) is 10.2. The molecule has 0 bridgehead atoms. The SMILES string of the molecule is Cc1cc(C)c(C2=C(OC(=O)C(C)(C)C)CC(Cc3ccccc3)C2=O)c(C)c1. The van der Waals surface area contributed by atoms with Crippen LogP contribution in [0.25, 0.3) is 5.57 Å². The minimum Gasteiger partial charge on any atom is -0.430 e. The fourth-order valence-electron chi connectivity index (χ4n) is 4.02. The number of carbonyl (C=O) groups excluding carboxylic acids is 2. The Balaban J connectivity index is 2.04. The summed E-state index contributed by atoms with van der Waals surface area (Å²) in [4.78, 5) is 26.1. The fraction of sp³-hybridized carbons (Fsp3) is 0.385. The van der Waals surface area contributed by atoms with Crippen molar-refractivity contribution in [1.29, 1.82) is 0 Å². The Hall–Kier alpha value is -2.68. The highest BCUT2D eigenvalue weighted by Gasteiger charge is 2.38. The molecule has 0 saturated heterocycles. The van der Waals surface area contributed by atoms with E-state index in [0.717, 1.165) is 27.8 Å². The predicted molar refractivity (Wildman–Crippen MR) is 116 cm³/mol. The molecular formula is C26H30O3. The molecule has 0 radical (unpaired) electrons. The third-order valence-electron chi connectivity index (χ3n) is 5.41. The zero-order valence-electron chi connectivity index (χ0n) is 18.3. The van der Waals surface area contributed by atoms with Crippen molar-refractivity contribution in [3.05, 3.63) is 76.0 Å². The van der Waals surface area contributed by atoms with Crippen LogP contribution in [0.4, 0.5) is 0 Å². The number of ether oxygens (including phenoxy) is 1. The fourth-order valence-corrected chi connectivity index (χ4v) is 4.02. The van der Waals surface area contributed by atoms with E-state index in [9.17, 15) is 9.59 Å². The Kier molecular flexibility index (Phi) is 5.79. The number of ketones is 1. The first kappa shape index (κ1) is 21.0. The molecule has 152 valence electrons. The van der Waals surface area contributed by atoms with E-state index >= 15 is 0 Å². The second kappa shape index (κ2) is 7.98. The van der Waals surface area contributed by atoms with E-state index in [1.807, 2.05) is 71.9 Å². The van der Waals surface area contributed by atoms with Gasteiger partial charge in [-0.1, -0.05) is 48.0 Å². The first-order chi connectivity index (χ1) is 13.6. The molecule has 1 unspecified atom stereocenters. The summed E-state index contributed by atoms with van der Waals surface area (Å²) in [6.45, 7) is 11.6. The minimum atomic E-state index is -0.629. The number of hydrogen-bond acceptors (Lipinski definition) is 3. The van der Waals surface area contributed by atoms with Crippen LogP contribution in [0.2, 0.25) is 0 Å². The molecule has 3 nitrogen and oxygen atoms in total. The van der Waals surface area contributed by atoms with Gasteiger partial charge in [0.1, 0.15) is 5.76 Å². The van der Waals surface area contributed by atoms with Crippen LogP contribution in [0.1, 0.15) is 55.0 Å². The van der Waals surface area contributed by atoms with Gasteiger partial charge in [0.15, 0.2) is 5.78 Å². The molecule has 0 amide bonds. The van der Waals surface area contributed by atoms with Crippen molar-refractivity contribution in [2.24, 2.45) is 11.3 Å². The van der Waals surface area contributed by atoms with Crippen LogP contribution in [0.3, 0.4) is 0 Å². The van der Waals surface area contributed by atoms with Gasteiger partial charge in [-0.2, -0.15) is 0 Å². The lowest BCUT2D eigenvalue weighted by Gasteiger charge is -2.18. The number of carbonyl (C=O) groups is 2. The topological polar surface area (TPSA) is 43.4 Å². The molecule has 2 aromatic carbocycles. The Labute approximate surface area is 173 Å². The summed E-state index contributed by atoms with van der Waals surface area (Å²) in [5, 5.41) is 0. The molecule has 1 aliphatic carbocycles. The Morgan fingerprint density at radius 2 is 1.62 bits per heavy atom. The zero-order chi connectivity index (χ0) is 21.3. The van der Waals surface area contributed by atoms with Crippen LogP contribution in [0.5, 0.6) is 0 Å². The van der Waals surface area contributed by atoms with Gasteiger partial charge in [-0.05, 0) is 70.2 Å². The minimum absolute atomic E-state index is 0.0700. The van der Waals surface area contributed by atoms with Gasteiger partial charge in [0.25, 0.3) is 0 Å². The Bertz CT molecular complexity index is 952. The molecular weight excluding hydrogens is 360 g/mol. The lowest BCUT2D eigenvalue weighted by Crippen LogP contribution is -2.22. The Morgan fingerprint density at radius 3 is 2.17 bits per heavy atom. The molecule has 3 rings (SSSR count). The number of aryl methyl sites for hydroxylation is 3. The molecule has 1 atom stereocenters. The van der Waals surface area contributed by atoms with Gasteiger partial charge >= 0.3 is 5.97 Å². The van der Waals surface area contributed by atoms with Crippen LogP contribution < -0.4 is 0 Å². The van der Waals surface area contributed by atoms with Gasteiger partial charge in [-0.15, -0.1) is 0 Å². The maximum absolute atomic E-state index is 13.5. The molecule has 0 heterocycles. The van der Waals surface area contributed by atoms with E-state index in [2.05, 4.69) is 12.1 Å². The molecule has 0 aromatic heterocycles. The number of allylic oxidation sites excluding steroid dienone is 2. The molecule has 3 heteroatoms. The van der Waals surface area contributed by atoms with Crippen molar-refractivity contribution in [2.45, 2.75) is 54.4 Å². The highest BCUT2D eigenvalue weighted by molar-refractivity contribution is 6.25. The van der Waals surface area contributed by atoms with E-state index in [1.54, 1.807) is 0 Å². The number of esters is 1. The standard InChI is InChI=1S/C26H30O3/c1-16-12-17(2)22(18(3)13-16)23-21(29-25(28)26(4,5)6)15-20(24(23)27)14-19-10-8-7-9-11-19/h7-13,20H,14-15H2,1-6H3. The van der Waals surface area contributed by atoms with E-state index in [4.69, 9.17) is 4.74 Å². The second-order valence-corrected chi connectivity index (χ2v) is 9.17. The van der Waals surface area contributed by atoms with E-state index < -0.39 is 5.41 Å². The lowest BCUT2D eigenvalue weighted by molar-refractivity contribution is -0.148. The highest BCUT2D eigenvalue weighted by Crippen LogP contribution is 2.40. The van der Waals surface area contributed by atoms with Gasteiger partial charge in [-0.25, -0.2) is 0 Å². The third kappa shape index (κ3) is 4.50. The molecule has 0 saturated carbocycles. The molecule has 0 aliphatic heterocycles. The lowest BCUT2D eigenvalue weighted by atomic mass is 9.89. The van der Waals surface area contributed by atoms with E-state index in [-0.39, 0.29) is 17.7 Å². The average molecular weight is 391 g/mol. The van der Waals surface area contributed by atoms with Crippen molar-refractivity contribution in [2.75, 3.05) is 0 Å². The average Bonchev–Trinajstić information content (AvgIpc) is 2.90. The maximum Gasteiger partial charge on any atom is 0.316 e. The van der Waals surface area contributed by atoms with Gasteiger partial charge < -0.3 is 4.74 Å². The zero-order valence-corrected chi connectivity index (χ0v) is 18.3. The third-order valence-corrected chi connectivity index (χ3v) is 5.41. The van der Waals surface area contributed by atoms with Gasteiger partial charge in [0, 0.05) is 12.3 Å². The van der Waals surface area contributed by atoms with Crippen molar-refractivity contribution in [3.63, 3.8) is 0 Å². The van der Waals surface area contributed by atoms with Crippen LogP contribution >= 0.6 is 0 Å². The predicted octanol–water partition coefficient (Wildman–Crippen LogP) is 5.74. The van der Waals surface area contributed by atoms with Crippen LogP contribution in [0, 0.1) is 32.1 Å². The monoisotopic (exact) mass is 390 g/mol. The number of benzene rings is 2. The normalized spacial score (nSPS) is 17.0. The molecule has 0 spiro atoms. The van der Waals surface area contributed by atoms with Gasteiger partial charge in [0.05, 0.1) is 11.0 Å². The van der Waals surface area contributed by atoms with E-state index in [0.29, 0.717) is 24.2 Å². The van der Waals surface area contributed by atoms with Gasteiger partial charge in [0.2, 0.25) is 0 Å². The Morgan fingerprint density at radius 1 is 1.03 bits per heavy atom. The second-order valence-electron chi connectivity index (χ2n) is 9.17. The summed E-state index contributed by atoms with van der Waals surface area (Å²) in [6.07, 6.45) is 1.10. The highest BCUT2D eigenvalue weighted by atomic mass is 16.5. The number of hydrogen-bond donors (Lipinski definition) is 0. The summed E-state index contributed by atoms with van der Waals surface area (Å²) in [5.74, 6) is 0.0716. The molecule has 0 N–H and O–H groups in total. The van der Waals surface area contributed by atoms with Crippen molar-refractivity contribution in [1.82, 2.24) is 0 Å². The van der Waals surface area contributed by atoms with Crippen LogP contribution in [-0.4, -0.2) is 11.8 Å². The number of rotatable bonds is 4. The smallest absolute Gasteiger partial charge is 0.316 e. The summed E-state index contributed by atoms with van der Waals surface area (Å²) in [6, 6.07) is 14.2. The molecule has 29 heavy (non-hydrogen) atoms. The largest absolute Gasteiger partial charge is 0.430 e. The maximum atomic E-state index is 13.5.